The zero-order valence-corrected chi connectivity index (χ0v) is 15.0. The zero-order valence-electron chi connectivity index (χ0n) is 15.0. The molecule has 1 heterocycles. The molecule has 1 fully saturated rings. The van der Waals surface area contributed by atoms with Gasteiger partial charge in [-0.25, -0.2) is 0 Å². The van der Waals surface area contributed by atoms with Crippen LogP contribution in [-0.4, -0.2) is 24.8 Å². The quantitative estimate of drug-likeness (QED) is 0.665. The summed E-state index contributed by atoms with van der Waals surface area (Å²) in [6.07, 6.45) is 5.81. The van der Waals surface area contributed by atoms with Crippen LogP contribution in [0.15, 0.2) is 0 Å². The van der Waals surface area contributed by atoms with Crippen LogP contribution in [0.2, 0.25) is 0 Å². The monoisotopic (exact) mass is 298 g/mol. The van der Waals surface area contributed by atoms with Gasteiger partial charge in [0.2, 0.25) is 0 Å². The topological polar surface area (TPSA) is 35.5 Å². The van der Waals surface area contributed by atoms with E-state index in [9.17, 15) is 4.79 Å². The minimum absolute atomic E-state index is 0.0562. The number of hydrogen-bond acceptors (Lipinski definition) is 3. The molecule has 1 aliphatic heterocycles. The maximum Gasteiger partial charge on any atom is 0.180 e. The van der Waals surface area contributed by atoms with E-state index in [0.29, 0.717) is 6.42 Å². The van der Waals surface area contributed by atoms with Crippen molar-refractivity contribution in [3.05, 3.63) is 0 Å². The van der Waals surface area contributed by atoms with E-state index < -0.39 is 11.2 Å². The Hall–Kier alpha value is -0.410. The van der Waals surface area contributed by atoms with Crippen LogP contribution in [-0.2, 0) is 14.3 Å². The molecule has 3 nitrogen and oxygen atoms in total. The molecule has 0 aromatic heterocycles. The molecule has 1 saturated heterocycles. The Labute approximate surface area is 130 Å². The number of ether oxygens (including phenoxy) is 2. The second-order valence-corrected chi connectivity index (χ2v) is 7.99. The smallest absolute Gasteiger partial charge is 0.180 e. The van der Waals surface area contributed by atoms with Crippen LogP contribution in [0.4, 0.5) is 0 Å². The lowest BCUT2D eigenvalue weighted by atomic mass is 9.69. The van der Waals surface area contributed by atoms with Gasteiger partial charge in [-0.05, 0) is 25.7 Å². The van der Waals surface area contributed by atoms with E-state index in [0.717, 1.165) is 19.3 Å². The van der Waals surface area contributed by atoms with Crippen molar-refractivity contribution in [2.24, 2.45) is 10.8 Å². The van der Waals surface area contributed by atoms with Gasteiger partial charge in [0.15, 0.2) is 5.79 Å². The second-order valence-electron chi connectivity index (χ2n) is 7.99. The summed E-state index contributed by atoms with van der Waals surface area (Å²) in [6.45, 7) is 12.5. The van der Waals surface area contributed by atoms with Crippen LogP contribution >= 0.6 is 0 Å². The minimum atomic E-state index is -0.784. The predicted octanol–water partition coefficient (Wildman–Crippen LogP) is 4.73. The standard InChI is InChI=1S/C18H34O3/c1-8-9-10-11-12-18(20-7)17(5,6)14(19)13-15(21-18)16(2,3)4/h15H,8-13H2,1-7H3/t15-,18-/m1/s1. The van der Waals surface area contributed by atoms with Crippen LogP contribution in [0.25, 0.3) is 0 Å². The molecule has 0 aliphatic carbocycles. The zero-order chi connectivity index (χ0) is 16.3. The summed E-state index contributed by atoms with van der Waals surface area (Å²) in [4.78, 5) is 12.7. The summed E-state index contributed by atoms with van der Waals surface area (Å²) in [7, 11) is 1.68. The highest BCUT2D eigenvalue weighted by molar-refractivity contribution is 5.86. The van der Waals surface area contributed by atoms with Crippen LogP contribution in [0.5, 0.6) is 0 Å². The van der Waals surface area contributed by atoms with Gasteiger partial charge in [0.25, 0.3) is 0 Å². The normalized spacial score (nSPS) is 29.7. The number of rotatable bonds is 6. The van der Waals surface area contributed by atoms with Crippen molar-refractivity contribution in [2.45, 2.75) is 92.0 Å². The molecule has 0 unspecified atom stereocenters. The molecule has 21 heavy (non-hydrogen) atoms. The molecule has 0 N–H and O–H groups in total. The number of ketones is 1. The Morgan fingerprint density at radius 1 is 1.24 bits per heavy atom. The molecule has 1 rings (SSSR count). The molecular weight excluding hydrogens is 264 g/mol. The van der Waals surface area contributed by atoms with Crippen molar-refractivity contribution in [2.75, 3.05) is 7.11 Å². The molecule has 0 bridgehead atoms. The van der Waals surface area contributed by atoms with Crippen molar-refractivity contribution < 1.29 is 14.3 Å². The lowest BCUT2D eigenvalue weighted by Gasteiger charge is -2.52. The third-order valence-corrected chi connectivity index (χ3v) is 5.01. The van der Waals surface area contributed by atoms with Crippen LogP contribution in [0.3, 0.4) is 0 Å². The maximum atomic E-state index is 12.7. The van der Waals surface area contributed by atoms with Gasteiger partial charge in [-0.2, -0.15) is 0 Å². The van der Waals surface area contributed by atoms with E-state index in [2.05, 4.69) is 27.7 Å². The third kappa shape index (κ3) is 3.87. The van der Waals surface area contributed by atoms with E-state index in [1.165, 1.54) is 12.8 Å². The van der Waals surface area contributed by atoms with Crippen LogP contribution in [0, 0.1) is 10.8 Å². The maximum absolute atomic E-state index is 12.7. The van der Waals surface area contributed by atoms with Crippen molar-refractivity contribution in [3.8, 4) is 0 Å². The van der Waals surface area contributed by atoms with Crippen molar-refractivity contribution in [1.29, 1.82) is 0 Å². The average Bonchev–Trinajstić information content (AvgIpc) is 2.38. The number of Topliss-reactive ketones (excluding diaryl/α,β-unsaturated/α-hetero) is 1. The van der Waals surface area contributed by atoms with Gasteiger partial charge in [-0.1, -0.05) is 47.0 Å². The van der Waals surface area contributed by atoms with Gasteiger partial charge in [0, 0.05) is 20.0 Å². The summed E-state index contributed by atoms with van der Waals surface area (Å²) in [5.74, 6) is -0.528. The summed E-state index contributed by atoms with van der Waals surface area (Å²) < 4.78 is 12.2. The first-order valence-corrected chi connectivity index (χ1v) is 8.37. The fourth-order valence-electron chi connectivity index (χ4n) is 3.10. The molecule has 124 valence electrons. The number of carbonyl (C=O) groups excluding carboxylic acids is 1. The first-order valence-electron chi connectivity index (χ1n) is 8.37. The molecule has 0 radical (unpaired) electrons. The highest BCUT2D eigenvalue weighted by Gasteiger charge is 2.57. The highest BCUT2D eigenvalue weighted by atomic mass is 16.7. The van der Waals surface area contributed by atoms with Crippen molar-refractivity contribution in [1.82, 2.24) is 0 Å². The fourth-order valence-corrected chi connectivity index (χ4v) is 3.10. The fraction of sp³-hybridized carbons (Fsp3) is 0.944. The SMILES string of the molecule is CCCCCC[C@@]1(OC)O[C@@H](C(C)(C)C)CC(=O)C1(C)C. The predicted molar refractivity (Wildman–Crippen MR) is 86.2 cm³/mol. The van der Waals surface area contributed by atoms with E-state index in [4.69, 9.17) is 9.47 Å². The lowest BCUT2D eigenvalue weighted by Crippen LogP contribution is -2.61. The number of hydrogen-bond donors (Lipinski definition) is 0. The molecule has 0 aromatic carbocycles. The Morgan fingerprint density at radius 2 is 1.86 bits per heavy atom. The van der Waals surface area contributed by atoms with Gasteiger partial charge in [0.1, 0.15) is 5.78 Å². The van der Waals surface area contributed by atoms with Gasteiger partial charge in [-0.3, -0.25) is 4.79 Å². The van der Waals surface area contributed by atoms with E-state index >= 15 is 0 Å². The Kier molecular flexibility index (Phi) is 6.02. The highest BCUT2D eigenvalue weighted by Crippen LogP contribution is 2.48. The molecule has 2 atom stereocenters. The molecule has 0 amide bonds. The summed E-state index contributed by atoms with van der Waals surface area (Å²) in [5, 5.41) is 0. The van der Waals surface area contributed by atoms with E-state index in [-0.39, 0.29) is 17.3 Å². The van der Waals surface area contributed by atoms with Crippen molar-refractivity contribution >= 4 is 5.78 Å². The molecule has 1 aliphatic rings. The molecule has 0 aromatic rings. The molecule has 0 saturated carbocycles. The Morgan fingerprint density at radius 3 is 2.33 bits per heavy atom. The van der Waals surface area contributed by atoms with Crippen molar-refractivity contribution in [3.63, 3.8) is 0 Å². The summed E-state index contributed by atoms with van der Waals surface area (Å²) >= 11 is 0. The minimum Gasteiger partial charge on any atom is -0.352 e. The molecule has 0 spiro atoms. The number of methoxy groups -OCH3 is 1. The van der Waals surface area contributed by atoms with E-state index in [1.807, 2.05) is 13.8 Å². The van der Waals surface area contributed by atoms with Crippen LogP contribution < -0.4 is 0 Å². The van der Waals surface area contributed by atoms with Crippen LogP contribution in [0.1, 0.15) is 80.1 Å². The first-order chi connectivity index (χ1) is 9.60. The molecular formula is C18H34O3. The number of unbranched alkanes of at least 4 members (excludes halogenated alkanes) is 3. The summed E-state index contributed by atoms with van der Waals surface area (Å²) in [6, 6.07) is 0. The lowest BCUT2D eigenvalue weighted by molar-refractivity contribution is -0.321. The Bertz CT molecular complexity index is 354. The number of carbonyl (C=O) groups is 1. The summed E-state index contributed by atoms with van der Waals surface area (Å²) in [5.41, 5.74) is -0.644. The first kappa shape index (κ1) is 18.6. The van der Waals surface area contributed by atoms with Gasteiger partial charge in [-0.15, -0.1) is 0 Å². The third-order valence-electron chi connectivity index (χ3n) is 5.01. The Balaban J connectivity index is 2.96. The second kappa shape index (κ2) is 6.78. The van der Waals surface area contributed by atoms with E-state index in [1.54, 1.807) is 7.11 Å². The molecule has 3 heteroatoms. The van der Waals surface area contributed by atoms with Gasteiger partial charge in [0.05, 0.1) is 11.5 Å². The largest absolute Gasteiger partial charge is 0.352 e. The van der Waals surface area contributed by atoms with Gasteiger partial charge < -0.3 is 9.47 Å². The average molecular weight is 298 g/mol. The van der Waals surface area contributed by atoms with Gasteiger partial charge >= 0.3 is 0 Å².